The number of hydrogen-bond donors (Lipinski definition) is 1. The van der Waals surface area contributed by atoms with Crippen LogP contribution in [0.5, 0.6) is 0 Å². The molecule has 0 heterocycles. The second-order valence-electron chi connectivity index (χ2n) is 1.89. The molecule has 1 unspecified atom stereocenters. The minimum Gasteiger partial charge on any atom is -0.327 e. The molecule has 0 aliphatic carbocycles. The number of rotatable bonds is 1. The fourth-order valence-corrected chi connectivity index (χ4v) is 0.358. The standard InChI is InChI=1S/C7H13N/c1-3-4-5-6-7(2)8/h7H,3,6,8H2,1-2H3. The molecule has 0 aliphatic rings. The first-order valence-electron chi connectivity index (χ1n) is 2.98. The highest BCUT2D eigenvalue weighted by Gasteiger charge is 1.84. The van der Waals surface area contributed by atoms with Crippen molar-refractivity contribution in [2.75, 3.05) is 0 Å². The van der Waals surface area contributed by atoms with Crippen LogP contribution < -0.4 is 5.73 Å². The van der Waals surface area contributed by atoms with Crippen LogP contribution in [0.4, 0.5) is 0 Å². The molecule has 0 aromatic carbocycles. The zero-order chi connectivity index (χ0) is 6.41. The van der Waals surface area contributed by atoms with Gasteiger partial charge in [-0.1, -0.05) is 6.92 Å². The lowest BCUT2D eigenvalue weighted by atomic mass is 10.2. The van der Waals surface area contributed by atoms with Crippen LogP contribution in [-0.2, 0) is 0 Å². The fraction of sp³-hybridized carbons (Fsp3) is 0.714. The van der Waals surface area contributed by atoms with Crippen LogP contribution in [0, 0.1) is 11.8 Å². The SMILES string of the molecule is CCC#CCC(C)N. The summed E-state index contributed by atoms with van der Waals surface area (Å²) >= 11 is 0. The van der Waals surface area contributed by atoms with Gasteiger partial charge in [0.05, 0.1) is 0 Å². The first kappa shape index (κ1) is 7.52. The summed E-state index contributed by atoms with van der Waals surface area (Å²) < 4.78 is 0. The van der Waals surface area contributed by atoms with E-state index in [9.17, 15) is 0 Å². The predicted molar refractivity (Wildman–Crippen MR) is 36.3 cm³/mol. The molecule has 0 aromatic heterocycles. The Kier molecular flexibility index (Phi) is 4.39. The lowest BCUT2D eigenvalue weighted by molar-refractivity contribution is 0.770. The van der Waals surface area contributed by atoms with Gasteiger partial charge in [0.25, 0.3) is 0 Å². The second-order valence-corrected chi connectivity index (χ2v) is 1.89. The minimum absolute atomic E-state index is 0.231. The highest BCUT2D eigenvalue weighted by atomic mass is 14.6. The van der Waals surface area contributed by atoms with Crippen LogP contribution in [0.1, 0.15) is 26.7 Å². The Morgan fingerprint density at radius 1 is 1.50 bits per heavy atom. The molecule has 0 saturated heterocycles. The Morgan fingerprint density at radius 3 is 2.50 bits per heavy atom. The average Bonchev–Trinajstić information content (AvgIpc) is 1.66. The molecule has 1 heteroatoms. The normalized spacial score (nSPS) is 11.9. The molecule has 8 heavy (non-hydrogen) atoms. The molecule has 0 saturated carbocycles. The Morgan fingerprint density at radius 2 is 2.12 bits per heavy atom. The Bertz CT molecular complexity index is 94.7. The van der Waals surface area contributed by atoms with Gasteiger partial charge < -0.3 is 5.73 Å². The van der Waals surface area contributed by atoms with E-state index in [-0.39, 0.29) is 6.04 Å². The summed E-state index contributed by atoms with van der Waals surface area (Å²) in [5.74, 6) is 5.91. The van der Waals surface area contributed by atoms with Gasteiger partial charge in [0.2, 0.25) is 0 Å². The summed E-state index contributed by atoms with van der Waals surface area (Å²) in [6, 6.07) is 0.231. The van der Waals surface area contributed by atoms with E-state index in [0.29, 0.717) is 0 Å². The highest BCUT2D eigenvalue weighted by Crippen LogP contribution is 1.81. The van der Waals surface area contributed by atoms with Gasteiger partial charge in [0.1, 0.15) is 0 Å². The number of nitrogens with two attached hydrogens (primary N) is 1. The smallest absolute Gasteiger partial charge is 0.0238 e. The third-order valence-electron chi connectivity index (χ3n) is 0.726. The van der Waals surface area contributed by atoms with Crippen molar-refractivity contribution in [1.82, 2.24) is 0 Å². The molecule has 0 aliphatic heterocycles. The van der Waals surface area contributed by atoms with Gasteiger partial charge in [0, 0.05) is 18.9 Å². The van der Waals surface area contributed by atoms with E-state index in [1.165, 1.54) is 0 Å². The Labute approximate surface area is 51.3 Å². The summed E-state index contributed by atoms with van der Waals surface area (Å²) in [7, 11) is 0. The molecule has 0 spiro atoms. The van der Waals surface area contributed by atoms with Crippen molar-refractivity contribution in [3.63, 3.8) is 0 Å². The summed E-state index contributed by atoms with van der Waals surface area (Å²) in [4.78, 5) is 0. The molecule has 0 amide bonds. The molecular weight excluding hydrogens is 98.1 g/mol. The molecule has 1 nitrogen and oxygen atoms in total. The van der Waals surface area contributed by atoms with Crippen LogP contribution in [0.25, 0.3) is 0 Å². The fourth-order valence-electron chi connectivity index (χ4n) is 0.358. The summed E-state index contributed by atoms with van der Waals surface area (Å²) in [6.45, 7) is 4.00. The molecule has 1 atom stereocenters. The lowest BCUT2D eigenvalue weighted by Crippen LogP contribution is -2.12. The van der Waals surface area contributed by atoms with E-state index in [4.69, 9.17) is 5.73 Å². The van der Waals surface area contributed by atoms with Crippen LogP contribution >= 0.6 is 0 Å². The topological polar surface area (TPSA) is 26.0 Å². The van der Waals surface area contributed by atoms with Crippen molar-refractivity contribution in [1.29, 1.82) is 0 Å². The van der Waals surface area contributed by atoms with Crippen LogP contribution in [0.3, 0.4) is 0 Å². The summed E-state index contributed by atoms with van der Waals surface area (Å²) in [5.41, 5.74) is 5.43. The highest BCUT2D eigenvalue weighted by molar-refractivity contribution is 4.99. The van der Waals surface area contributed by atoms with Crippen LogP contribution in [0.15, 0.2) is 0 Å². The molecule has 0 aromatic rings. The van der Waals surface area contributed by atoms with Crippen molar-refractivity contribution in [2.24, 2.45) is 5.73 Å². The van der Waals surface area contributed by atoms with Crippen molar-refractivity contribution in [3.8, 4) is 11.8 Å². The number of hydrogen-bond acceptors (Lipinski definition) is 1. The second kappa shape index (κ2) is 4.67. The van der Waals surface area contributed by atoms with Gasteiger partial charge in [-0.25, -0.2) is 0 Å². The molecule has 2 N–H and O–H groups in total. The van der Waals surface area contributed by atoms with Crippen LogP contribution in [0.2, 0.25) is 0 Å². The van der Waals surface area contributed by atoms with Gasteiger partial charge in [-0.3, -0.25) is 0 Å². The van der Waals surface area contributed by atoms with E-state index in [2.05, 4.69) is 11.8 Å². The molecule has 0 rings (SSSR count). The van der Waals surface area contributed by atoms with E-state index in [1.54, 1.807) is 0 Å². The Hall–Kier alpha value is -0.480. The third kappa shape index (κ3) is 5.52. The lowest BCUT2D eigenvalue weighted by Gasteiger charge is -1.92. The molecule has 0 bridgehead atoms. The van der Waals surface area contributed by atoms with Gasteiger partial charge in [-0.15, -0.1) is 11.8 Å². The van der Waals surface area contributed by atoms with E-state index >= 15 is 0 Å². The van der Waals surface area contributed by atoms with Gasteiger partial charge >= 0.3 is 0 Å². The van der Waals surface area contributed by atoms with Crippen LogP contribution in [-0.4, -0.2) is 6.04 Å². The molecule has 0 fully saturated rings. The summed E-state index contributed by atoms with van der Waals surface area (Å²) in [5, 5.41) is 0. The zero-order valence-electron chi connectivity index (χ0n) is 5.57. The van der Waals surface area contributed by atoms with Crippen molar-refractivity contribution >= 4 is 0 Å². The average molecular weight is 111 g/mol. The zero-order valence-corrected chi connectivity index (χ0v) is 5.57. The third-order valence-corrected chi connectivity index (χ3v) is 0.726. The maximum atomic E-state index is 5.43. The maximum Gasteiger partial charge on any atom is 0.0238 e. The van der Waals surface area contributed by atoms with Gasteiger partial charge in [-0.2, -0.15) is 0 Å². The first-order valence-corrected chi connectivity index (χ1v) is 2.98. The van der Waals surface area contributed by atoms with Crippen molar-refractivity contribution < 1.29 is 0 Å². The van der Waals surface area contributed by atoms with E-state index in [1.807, 2.05) is 13.8 Å². The largest absolute Gasteiger partial charge is 0.327 e. The first-order chi connectivity index (χ1) is 3.77. The Balaban J connectivity index is 3.15. The predicted octanol–water partition coefficient (Wildman–Crippen LogP) is 1.14. The monoisotopic (exact) mass is 111 g/mol. The van der Waals surface area contributed by atoms with Gasteiger partial charge in [-0.05, 0) is 6.92 Å². The quantitative estimate of drug-likeness (QED) is 0.504. The van der Waals surface area contributed by atoms with Gasteiger partial charge in [0.15, 0.2) is 0 Å². The molecule has 46 valence electrons. The van der Waals surface area contributed by atoms with Crippen molar-refractivity contribution in [3.05, 3.63) is 0 Å². The molecular formula is C7H13N. The molecule has 0 radical (unpaired) electrons. The minimum atomic E-state index is 0.231. The maximum absolute atomic E-state index is 5.43. The van der Waals surface area contributed by atoms with E-state index in [0.717, 1.165) is 12.8 Å². The van der Waals surface area contributed by atoms with Crippen molar-refractivity contribution in [2.45, 2.75) is 32.7 Å². The van der Waals surface area contributed by atoms with E-state index < -0.39 is 0 Å². The summed E-state index contributed by atoms with van der Waals surface area (Å²) in [6.07, 6.45) is 1.76.